The predicted molar refractivity (Wildman–Crippen MR) is 82.8 cm³/mol. The van der Waals surface area contributed by atoms with E-state index in [2.05, 4.69) is 10.5 Å². The van der Waals surface area contributed by atoms with Crippen LogP contribution >= 0.6 is 23.2 Å². The Morgan fingerprint density at radius 1 is 1.35 bits per heavy atom. The van der Waals surface area contributed by atoms with Crippen LogP contribution in [0.3, 0.4) is 0 Å². The first-order valence-electron chi connectivity index (χ1n) is 6.46. The van der Waals surface area contributed by atoms with Gasteiger partial charge >= 0.3 is 0 Å². The molecule has 0 bridgehead atoms. The summed E-state index contributed by atoms with van der Waals surface area (Å²) in [7, 11) is 1.91. The highest BCUT2D eigenvalue weighted by molar-refractivity contribution is 6.35. The summed E-state index contributed by atoms with van der Waals surface area (Å²) >= 11 is 12.4. The van der Waals surface area contributed by atoms with Crippen molar-refractivity contribution in [1.29, 1.82) is 0 Å². The van der Waals surface area contributed by atoms with Gasteiger partial charge in [-0.1, -0.05) is 29.3 Å². The van der Waals surface area contributed by atoms with Gasteiger partial charge in [-0.25, -0.2) is 0 Å². The van der Waals surface area contributed by atoms with Gasteiger partial charge in [0.1, 0.15) is 0 Å². The minimum absolute atomic E-state index is 0.118. The molecule has 2 rings (SSSR count). The molecular formula is C14H18Cl2N4. The lowest BCUT2D eigenvalue weighted by Gasteiger charge is -2.17. The van der Waals surface area contributed by atoms with Crippen LogP contribution in [0, 0.1) is 0 Å². The molecule has 0 spiro atoms. The summed E-state index contributed by atoms with van der Waals surface area (Å²) in [4.78, 5) is 0. The topological polar surface area (TPSA) is 55.9 Å². The molecule has 1 aromatic heterocycles. The van der Waals surface area contributed by atoms with Gasteiger partial charge in [-0.15, -0.1) is 0 Å². The number of nitrogens with one attached hydrogen (secondary N) is 1. The van der Waals surface area contributed by atoms with Crippen LogP contribution in [0.2, 0.25) is 10.0 Å². The third-order valence-electron chi connectivity index (χ3n) is 3.29. The van der Waals surface area contributed by atoms with Crippen molar-refractivity contribution in [3.63, 3.8) is 0 Å². The van der Waals surface area contributed by atoms with E-state index in [1.807, 2.05) is 37.6 Å². The Hall–Kier alpha value is -1.07. The normalized spacial score (nSPS) is 12.6. The van der Waals surface area contributed by atoms with Gasteiger partial charge in [0.25, 0.3) is 0 Å². The molecule has 1 unspecified atom stereocenters. The molecule has 0 aliphatic rings. The molecule has 4 nitrogen and oxygen atoms in total. The minimum atomic E-state index is 0.118. The van der Waals surface area contributed by atoms with E-state index in [-0.39, 0.29) is 6.04 Å². The minimum Gasteiger partial charge on any atom is -0.276 e. The SMILES string of the molecule is Cn1cc(CCC(Cc2c(Cl)cccc2Cl)NN)cn1. The highest BCUT2D eigenvalue weighted by Crippen LogP contribution is 2.26. The van der Waals surface area contributed by atoms with Crippen molar-refractivity contribution >= 4 is 23.2 Å². The molecule has 1 aromatic carbocycles. The molecule has 0 amide bonds. The van der Waals surface area contributed by atoms with E-state index in [0.717, 1.165) is 18.4 Å². The average Bonchev–Trinajstić information content (AvgIpc) is 2.83. The zero-order valence-electron chi connectivity index (χ0n) is 11.3. The number of nitrogens with two attached hydrogens (primary N) is 1. The van der Waals surface area contributed by atoms with Gasteiger partial charge in [-0.3, -0.25) is 16.0 Å². The molecule has 20 heavy (non-hydrogen) atoms. The third kappa shape index (κ3) is 3.96. The number of aromatic nitrogens is 2. The Morgan fingerprint density at radius 3 is 2.60 bits per heavy atom. The third-order valence-corrected chi connectivity index (χ3v) is 4.00. The predicted octanol–water partition coefficient (Wildman–Crippen LogP) is 2.73. The van der Waals surface area contributed by atoms with E-state index in [4.69, 9.17) is 29.0 Å². The molecule has 0 aliphatic heterocycles. The number of hydrazine groups is 1. The van der Waals surface area contributed by atoms with Gasteiger partial charge in [0.2, 0.25) is 0 Å². The van der Waals surface area contributed by atoms with Crippen LogP contribution in [0.25, 0.3) is 0 Å². The molecule has 1 atom stereocenters. The summed E-state index contributed by atoms with van der Waals surface area (Å²) in [6.45, 7) is 0. The molecule has 6 heteroatoms. The van der Waals surface area contributed by atoms with Gasteiger partial charge in [-0.2, -0.15) is 5.10 Å². The quantitative estimate of drug-likeness (QED) is 0.637. The molecule has 0 saturated heterocycles. The van der Waals surface area contributed by atoms with Gasteiger partial charge in [0.05, 0.1) is 6.20 Å². The molecule has 0 saturated carbocycles. The maximum Gasteiger partial charge on any atom is 0.0521 e. The first kappa shape index (κ1) is 15.3. The van der Waals surface area contributed by atoms with Crippen LogP contribution in [-0.2, 0) is 19.9 Å². The van der Waals surface area contributed by atoms with Gasteiger partial charge in [0.15, 0.2) is 0 Å². The molecule has 0 aliphatic carbocycles. The van der Waals surface area contributed by atoms with Crippen molar-refractivity contribution in [3.8, 4) is 0 Å². The lowest BCUT2D eigenvalue weighted by atomic mass is 10.0. The number of hydrogen-bond acceptors (Lipinski definition) is 3. The Bertz CT molecular complexity index is 548. The van der Waals surface area contributed by atoms with Crippen molar-refractivity contribution in [2.45, 2.75) is 25.3 Å². The van der Waals surface area contributed by atoms with Crippen LogP contribution in [0.1, 0.15) is 17.5 Å². The van der Waals surface area contributed by atoms with Gasteiger partial charge < -0.3 is 0 Å². The van der Waals surface area contributed by atoms with Crippen LogP contribution in [0.4, 0.5) is 0 Å². The molecule has 3 N–H and O–H groups in total. The van der Waals surface area contributed by atoms with Crippen molar-refractivity contribution in [2.75, 3.05) is 0 Å². The zero-order valence-corrected chi connectivity index (χ0v) is 12.8. The monoisotopic (exact) mass is 312 g/mol. The second-order valence-corrected chi connectivity index (χ2v) is 5.64. The number of aryl methyl sites for hydroxylation is 2. The van der Waals surface area contributed by atoms with Crippen molar-refractivity contribution in [3.05, 3.63) is 51.8 Å². The number of hydrogen-bond donors (Lipinski definition) is 2. The van der Waals surface area contributed by atoms with E-state index >= 15 is 0 Å². The number of nitrogens with zero attached hydrogens (tertiary/aromatic N) is 2. The molecular weight excluding hydrogens is 295 g/mol. The average molecular weight is 313 g/mol. The maximum absolute atomic E-state index is 6.18. The zero-order chi connectivity index (χ0) is 14.5. The summed E-state index contributed by atoms with van der Waals surface area (Å²) < 4.78 is 1.80. The first-order chi connectivity index (χ1) is 9.60. The highest BCUT2D eigenvalue weighted by Gasteiger charge is 2.13. The molecule has 1 heterocycles. The molecule has 0 fully saturated rings. The van der Waals surface area contributed by atoms with E-state index in [1.165, 1.54) is 5.56 Å². The molecule has 0 radical (unpaired) electrons. The first-order valence-corrected chi connectivity index (χ1v) is 7.22. The Labute approximate surface area is 128 Å². The van der Waals surface area contributed by atoms with E-state index in [0.29, 0.717) is 16.5 Å². The van der Waals surface area contributed by atoms with Crippen molar-refractivity contribution in [1.82, 2.24) is 15.2 Å². The highest BCUT2D eigenvalue weighted by atomic mass is 35.5. The summed E-state index contributed by atoms with van der Waals surface area (Å²) in [5, 5.41) is 5.51. The van der Waals surface area contributed by atoms with Crippen LogP contribution in [-0.4, -0.2) is 15.8 Å². The Kier molecular flexibility index (Phi) is 5.43. The van der Waals surface area contributed by atoms with E-state index in [1.54, 1.807) is 4.68 Å². The fourth-order valence-corrected chi connectivity index (χ4v) is 2.71. The van der Waals surface area contributed by atoms with Crippen LogP contribution < -0.4 is 11.3 Å². The van der Waals surface area contributed by atoms with Gasteiger partial charge in [-0.05, 0) is 42.5 Å². The standard InChI is InChI=1S/C14H18Cl2N4/c1-20-9-10(8-18-20)5-6-11(19-17)7-12-13(15)3-2-4-14(12)16/h2-4,8-9,11,19H,5-7,17H2,1H3. The van der Waals surface area contributed by atoms with Crippen LogP contribution in [0.5, 0.6) is 0 Å². The van der Waals surface area contributed by atoms with Crippen LogP contribution in [0.15, 0.2) is 30.6 Å². The second kappa shape index (κ2) is 7.09. The van der Waals surface area contributed by atoms with E-state index < -0.39 is 0 Å². The van der Waals surface area contributed by atoms with E-state index in [9.17, 15) is 0 Å². The molecule has 2 aromatic rings. The Morgan fingerprint density at radius 2 is 2.05 bits per heavy atom. The number of rotatable bonds is 6. The van der Waals surface area contributed by atoms with Gasteiger partial charge in [0, 0.05) is 29.3 Å². The number of benzene rings is 1. The fourth-order valence-electron chi connectivity index (χ4n) is 2.16. The summed E-state index contributed by atoms with van der Waals surface area (Å²) in [6, 6.07) is 5.65. The largest absolute Gasteiger partial charge is 0.276 e. The maximum atomic E-state index is 6.18. The smallest absolute Gasteiger partial charge is 0.0521 e. The second-order valence-electron chi connectivity index (χ2n) is 4.83. The fraction of sp³-hybridized carbons (Fsp3) is 0.357. The number of halogens is 2. The lowest BCUT2D eigenvalue weighted by Crippen LogP contribution is -2.37. The summed E-state index contributed by atoms with van der Waals surface area (Å²) in [6.07, 6.45) is 6.38. The molecule has 108 valence electrons. The van der Waals surface area contributed by atoms with Crippen molar-refractivity contribution in [2.24, 2.45) is 12.9 Å². The summed E-state index contributed by atoms with van der Waals surface area (Å²) in [5.74, 6) is 5.63. The lowest BCUT2D eigenvalue weighted by molar-refractivity contribution is 0.491. The Balaban J connectivity index is 1.98. The van der Waals surface area contributed by atoms with Crippen molar-refractivity contribution < 1.29 is 0 Å². The summed E-state index contributed by atoms with van der Waals surface area (Å²) in [5.41, 5.74) is 4.97.